The molecule has 1 aromatic heterocycles. The fraction of sp³-hybridized carbons (Fsp3) is 0.333. The van der Waals surface area contributed by atoms with Crippen LogP contribution in [0, 0.1) is 6.92 Å². The van der Waals surface area contributed by atoms with Gasteiger partial charge >= 0.3 is 0 Å². The highest BCUT2D eigenvalue weighted by Gasteiger charge is 2.19. The number of furan rings is 1. The van der Waals surface area contributed by atoms with Gasteiger partial charge in [-0.25, -0.2) is 0 Å². The van der Waals surface area contributed by atoms with Gasteiger partial charge in [0.2, 0.25) is 0 Å². The normalized spacial score (nSPS) is 12.6. The Morgan fingerprint density at radius 1 is 1.33 bits per heavy atom. The van der Waals surface area contributed by atoms with Crippen LogP contribution in [0.25, 0.3) is 0 Å². The highest BCUT2D eigenvalue weighted by Crippen LogP contribution is 2.29. The average molecular weight is 308 g/mol. The first-order valence-electron chi connectivity index (χ1n) is 6.25. The predicted octanol–water partition coefficient (Wildman–Crippen LogP) is 4.44. The second-order valence-electron chi connectivity index (χ2n) is 4.43. The third-order valence-corrected chi connectivity index (χ3v) is 3.54. The van der Waals surface area contributed by atoms with Crippen LogP contribution in [0.2, 0.25) is 0 Å². The van der Waals surface area contributed by atoms with Crippen molar-refractivity contribution < 1.29 is 4.42 Å². The number of nitrogens with one attached hydrogen (secondary N) is 1. The van der Waals surface area contributed by atoms with E-state index in [1.54, 1.807) is 6.26 Å². The molecule has 0 saturated heterocycles. The van der Waals surface area contributed by atoms with E-state index in [4.69, 9.17) is 4.42 Å². The van der Waals surface area contributed by atoms with E-state index in [1.165, 1.54) is 11.1 Å². The lowest BCUT2D eigenvalue weighted by Gasteiger charge is -2.18. The molecule has 0 amide bonds. The molecule has 3 heteroatoms. The minimum absolute atomic E-state index is 0.106. The highest BCUT2D eigenvalue weighted by atomic mass is 79.9. The summed E-state index contributed by atoms with van der Waals surface area (Å²) in [6.07, 6.45) is 2.82. The molecule has 2 nitrogen and oxygen atoms in total. The maximum Gasteiger partial charge on any atom is 0.139 e. The first-order chi connectivity index (χ1) is 8.72. The quantitative estimate of drug-likeness (QED) is 0.883. The zero-order chi connectivity index (χ0) is 13.0. The summed E-state index contributed by atoms with van der Waals surface area (Å²) in [4.78, 5) is 0. The van der Waals surface area contributed by atoms with Crippen LogP contribution in [0.4, 0.5) is 0 Å². The Kier molecular flexibility index (Phi) is 4.61. The molecule has 1 heterocycles. The van der Waals surface area contributed by atoms with Gasteiger partial charge < -0.3 is 9.73 Å². The summed E-state index contributed by atoms with van der Waals surface area (Å²) >= 11 is 3.54. The van der Waals surface area contributed by atoms with Gasteiger partial charge in [0, 0.05) is 0 Å². The van der Waals surface area contributed by atoms with Gasteiger partial charge in [0.15, 0.2) is 0 Å². The third-order valence-electron chi connectivity index (χ3n) is 2.88. The lowest BCUT2D eigenvalue weighted by molar-refractivity contribution is 0.444. The summed E-state index contributed by atoms with van der Waals surface area (Å²) in [7, 11) is 0. The van der Waals surface area contributed by atoms with Crippen molar-refractivity contribution in [1.82, 2.24) is 5.32 Å². The number of hydrogen-bond acceptors (Lipinski definition) is 2. The molecule has 1 unspecified atom stereocenters. The van der Waals surface area contributed by atoms with Crippen molar-refractivity contribution in [1.29, 1.82) is 0 Å². The zero-order valence-electron chi connectivity index (χ0n) is 10.7. The van der Waals surface area contributed by atoms with Gasteiger partial charge in [-0.2, -0.15) is 0 Å². The molecule has 96 valence electrons. The molecule has 1 aromatic carbocycles. The number of aryl methyl sites for hydroxylation is 1. The topological polar surface area (TPSA) is 25.2 Å². The summed E-state index contributed by atoms with van der Waals surface area (Å²) < 4.78 is 6.62. The van der Waals surface area contributed by atoms with Crippen LogP contribution >= 0.6 is 15.9 Å². The maximum atomic E-state index is 5.61. The van der Waals surface area contributed by atoms with Crippen LogP contribution < -0.4 is 5.32 Å². The van der Waals surface area contributed by atoms with Crippen LogP contribution in [0.5, 0.6) is 0 Å². The smallest absolute Gasteiger partial charge is 0.139 e. The second-order valence-corrected chi connectivity index (χ2v) is 5.29. The Bertz CT molecular complexity index is 507. The van der Waals surface area contributed by atoms with Gasteiger partial charge in [-0.3, -0.25) is 0 Å². The Labute approximate surface area is 117 Å². The molecule has 0 spiro atoms. The van der Waals surface area contributed by atoms with Crippen molar-refractivity contribution >= 4 is 15.9 Å². The van der Waals surface area contributed by atoms with Crippen molar-refractivity contribution in [3.63, 3.8) is 0 Å². The Balaban J connectivity index is 2.33. The first kappa shape index (κ1) is 13.4. The molecule has 0 bridgehead atoms. The van der Waals surface area contributed by atoms with E-state index in [9.17, 15) is 0 Å². The third kappa shape index (κ3) is 3.03. The van der Waals surface area contributed by atoms with Crippen LogP contribution in [0.1, 0.15) is 36.3 Å². The molecule has 0 aliphatic heterocycles. The molecule has 0 aliphatic rings. The number of halogens is 1. The van der Waals surface area contributed by atoms with E-state index in [2.05, 4.69) is 59.4 Å². The van der Waals surface area contributed by atoms with Gasteiger partial charge in [-0.15, -0.1) is 0 Å². The van der Waals surface area contributed by atoms with E-state index in [-0.39, 0.29) is 6.04 Å². The minimum Gasteiger partial charge on any atom is -0.466 e. The van der Waals surface area contributed by atoms with E-state index in [0.29, 0.717) is 0 Å². The summed E-state index contributed by atoms with van der Waals surface area (Å²) in [5, 5.41) is 3.53. The monoisotopic (exact) mass is 307 g/mol. The molecule has 2 rings (SSSR count). The second kappa shape index (κ2) is 6.21. The summed E-state index contributed by atoms with van der Waals surface area (Å²) in [6.45, 7) is 5.24. The Morgan fingerprint density at radius 3 is 2.78 bits per heavy atom. The molecule has 1 atom stereocenters. The summed E-state index contributed by atoms with van der Waals surface area (Å²) in [5.74, 6) is 0.939. The maximum absolute atomic E-state index is 5.61. The molecule has 0 aliphatic carbocycles. The largest absolute Gasteiger partial charge is 0.466 e. The van der Waals surface area contributed by atoms with Crippen molar-refractivity contribution in [3.8, 4) is 0 Å². The van der Waals surface area contributed by atoms with Crippen LogP contribution in [0.3, 0.4) is 0 Å². The molecule has 0 saturated carbocycles. The first-order valence-corrected chi connectivity index (χ1v) is 7.04. The van der Waals surface area contributed by atoms with Crippen LogP contribution in [0.15, 0.2) is 45.5 Å². The van der Waals surface area contributed by atoms with Crippen molar-refractivity contribution in [2.24, 2.45) is 0 Å². The number of benzene rings is 1. The standard InChI is InChI=1S/C15H18BrNO/c1-3-8-17-14(15-13(16)7-9-18-15)12-6-4-5-11(2)10-12/h4-7,9-10,14,17H,3,8H2,1-2H3. The van der Waals surface area contributed by atoms with Gasteiger partial charge in [0.1, 0.15) is 5.76 Å². The van der Waals surface area contributed by atoms with Gasteiger partial charge in [0.05, 0.1) is 16.8 Å². The van der Waals surface area contributed by atoms with E-state index < -0.39 is 0 Å². The van der Waals surface area contributed by atoms with Crippen molar-refractivity contribution in [2.75, 3.05) is 6.54 Å². The predicted molar refractivity (Wildman–Crippen MR) is 77.7 cm³/mol. The van der Waals surface area contributed by atoms with Crippen LogP contribution in [-0.2, 0) is 0 Å². The van der Waals surface area contributed by atoms with Crippen LogP contribution in [-0.4, -0.2) is 6.54 Å². The van der Waals surface area contributed by atoms with Gasteiger partial charge in [0.25, 0.3) is 0 Å². The molecule has 0 fully saturated rings. The lowest BCUT2D eigenvalue weighted by Crippen LogP contribution is -2.23. The lowest BCUT2D eigenvalue weighted by atomic mass is 10.0. The Hall–Kier alpha value is -1.06. The fourth-order valence-corrected chi connectivity index (χ4v) is 2.44. The van der Waals surface area contributed by atoms with E-state index >= 15 is 0 Å². The summed E-state index contributed by atoms with van der Waals surface area (Å²) in [5.41, 5.74) is 2.50. The highest BCUT2D eigenvalue weighted by molar-refractivity contribution is 9.10. The molecule has 18 heavy (non-hydrogen) atoms. The van der Waals surface area contributed by atoms with Gasteiger partial charge in [-0.05, 0) is 47.4 Å². The van der Waals surface area contributed by atoms with E-state index in [1.807, 2.05) is 6.07 Å². The van der Waals surface area contributed by atoms with Gasteiger partial charge in [-0.1, -0.05) is 36.8 Å². The zero-order valence-corrected chi connectivity index (χ0v) is 12.3. The molecular formula is C15H18BrNO. The molecule has 0 radical (unpaired) electrons. The summed E-state index contributed by atoms with van der Waals surface area (Å²) in [6, 6.07) is 10.6. The SMILES string of the molecule is CCCNC(c1cccc(C)c1)c1occc1Br. The molecule has 1 N–H and O–H groups in total. The van der Waals surface area contributed by atoms with Crippen molar-refractivity contribution in [2.45, 2.75) is 26.3 Å². The number of hydrogen-bond donors (Lipinski definition) is 1. The average Bonchev–Trinajstić information content (AvgIpc) is 2.77. The molecular weight excluding hydrogens is 290 g/mol. The van der Waals surface area contributed by atoms with Crippen molar-refractivity contribution in [3.05, 3.63) is 58.0 Å². The van der Waals surface area contributed by atoms with E-state index in [0.717, 1.165) is 23.2 Å². The fourth-order valence-electron chi connectivity index (χ4n) is 2.01. The number of rotatable bonds is 5. The minimum atomic E-state index is 0.106. The molecule has 2 aromatic rings. The Morgan fingerprint density at radius 2 is 2.17 bits per heavy atom.